The van der Waals surface area contributed by atoms with Crippen molar-refractivity contribution < 1.29 is 4.74 Å². The van der Waals surface area contributed by atoms with Crippen molar-refractivity contribution in [1.82, 2.24) is 0 Å². The van der Waals surface area contributed by atoms with Crippen molar-refractivity contribution in [3.05, 3.63) is 29.8 Å². The number of nitrogens with zero attached hydrogens (tertiary/aromatic N) is 1. The predicted octanol–water partition coefficient (Wildman–Crippen LogP) is 3.71. The zero-order valence-corrected chi connectivity index (χ0v) is 10.4. The van der Waals surface area contributed by atoms with Gasteiger partial charge in [-0.15, -0.1) is 0 Å². The first kappa shape index (κ1) is 12.0. The van der Waals surface area contributed by atoms with Crippen molar-refractivity contribution in [1.29, 1.82) is 5.26 Å². The molecule has 0 radical (unpaired) electrons. The number of hydrogen-bond acceptors (Lipinski definition) is 2. The molecule has 0 bridgehead atoms. The highest BCUT2D eigenvalue weighted by Crippen LogP contribution is 2.37. The second-order valence-corrected chi connectivity index (χ2v) is 4.89. The lowest BCUT2D eigenvalue weighted by Crippen LogP contribution is -2.23. The first-order valence-electron chi connectivity index (χ1n) is 6.41. The van der Waals surface area contributed by atoms with Crippen LogP contribution in [-0.4, -0.2) is 6.61 Å². The number of rotatable bonds is 4. The zero-order valence-electron chi connectivity index (χ0n) is 10.4. The van der Waals surface area contributed by atoms with Crippen molar-refractivity contribution in [2.75, 3.05) is 6.61 Å². The number of hydrogen-bond donors (Lipinski definition) is 0. The number of nitriles is 1. The molecule has 2 heteroatoms. The van der Waals surface area contributed by atoms with Crippen LogP contribution in [0.2, 0.25) is 0 Å². The van der Waals surface area contributed by atoms with E-state index < -0.39 is 0 Å². The Labute approximate surface area is 103 Å². The molecule has 90 valence electrons. The molecule has 1 fully saturated rings. The predicted molar refractivity (Wildman–Crippen MR) is 67.8 cm³/mol. The van der Waals surface area contributed by atoms with Crippen molar-refractivity contribution in [2.45, 2.75) is 39.0 Å². The van der Waals surface area contributed by atoms with Gasteiger partial charge in [0.25, 0.3) is 0 Å². The molecule has 0 unspecified atom stereocenters. The monoisotopic (exact) mass is 229 g/mol. The maximum atomic E-state index is 9.27. The summed E-state index contributed by atoms with van der Waals surface area (Å²) in [7, 11) is 0. The van der Waals surface area contributed by atoms with E-state index in [4.69, 9.17) is 4.74 Å². The summed E-state index contributed by atoms with van der Waals surface area (Å²) < 4.78 is 5.80. The lowest BCUT2D eigenvalue weighted by atomic mass is 9.89. The molecule has 1 saturated carbocycles. The van der Waals surface area contributed by atoms with Crippen LogP contribution in [0.4, 0.5) is 0 Å². The molecule has 0 aliphatic heterocycles. The molecule has 2 nitrogen and oxygen atoms in total. The molecule has 2 rings (SSSR count). The van der Waals surface area contributed by atoms with Gasteiger partial charge in [0.05, 0.1) is 11.5 Å². The quantitative estimate of drug-likeness (QED) is 0.788. The third-order valence-electron chi connectivity index (χ3n) is 3.62. The van der Waals surface area contributed by atoms with Gasteiger partial charge >= 0.3 is 0 Å². The van der Waals surface area contributed by atoms with Gasteiger partial charge in [-0.25, -0.2) is 0 Å². The maximum Gasteiger partial charge on any atom is 0.119 e. The molecule has 1 aromatic rings. The van der Waals surface area contributed by atoms with Crippen molar-refractivity contribution in [2.24, 2.45) is 5.41 Å². The van der Waals surface area contributed by atoms with Gasteiger partial charge in [0, 0.05) is 0 Å². The highest BCUT2D eigenvalue weighted by Gasteiger charge is 2.34. The SMILES string of the molecule is CCc1cccc(OCC2(C#N)CCCC2)c1. The van der Waals surface area contributed by atoms with Crippen LogP contribution < -0.4 is 4.74 Å². The number of ether oxygens (including phenoxy) is 1. The Kier molecular flexibility index (Phi) is 3.68. The van der Waals surface area contributed by atoms with E-state index in [-0.39, 0.29) is 5.41 Å². The summed E-state index contributed by atoms with van der Waals surface area (Å²) >= 11 is 0. The first-order chi connectivity index (χ1) is 8.28. The molecule has 0 saturated heterocycles. The minimum atomic E-state index is -0.234. The molecule has 0 amide bonds. The lowest BCUT2D eigenvalue weighted by molar-refractivity contribution is 0.201. The Hall–Kier alpha value is -1.49. The van der Waals surface area contributed by atoms with E-state index in [1.165, 1.54) is 5.56 Å². The smallest absolute Gasteiger partial charge is 0.119 e. The van der Waals surface area contributed by atoms with E-state index >= 15 is 0 Å². The van der Waals surface area contributed by atoms with E-state index in [0.29, 0.717) is 6.61 Å². The summed E-state index contributed by atoms with van der Waals surface area (Å²) in [5, 5.41) is 9.27. The molecule has 1 aliphatic carbocycles. The first-order valence-corrected chi connectivity index (χ1v) is 6.41. The van der Waals surface area contributed by atoms with E-state index in [1.54, 1.807) is 0 Å². The molecule has 0 aromatic heterocycles. The minimum Gasteiger partial charge on any atom is -0.492 e. The van der Waals surface area contributed by atoms with Gasteiger partial charge < -0.3 is 4.74 Å². The second kappa shape index (κ2) is 5.23. The van der Waals surface area contributed by atoms with Crippen LogP contribution in [0.25, 0.3) is 0 Å². The molecule has 0 atom stereocenters. The summed E-state index contributed by atoms with van der Waals surface area (Å²) in [6.45, 7) is 2.67. The van der Waals surface area contributed by atoms with Gasteiger partial charge in [-0.2, -0.15) is 5.26 Å². The molecule has 0 N–H and O–H groups in total. The third kappa shape index (κ3) is 2.79. The fraction of sp³-hybridized carbons (Fsp3) is 0.533. The zero-order chi connectivity index (χ0) is 12.1. The van der Waals surface area contributed by atoms with Crippen molar-refractivity contribution in [3.63, 3.8) is 0 Å². The largest absolute Gasteiger partial charge is 0.492 e. The fourth-order valence-electron chi connectivity index (χ4n) is 2.42. The van der Waals surface area contributed by atoms with Crippen LogP contribution in [0, 0.1) is 16.7 Å². The molecular formula is C15H19NO. The Morgan fingerprint density at radius 3 is 2.76 bits per heavy atom. The van der Waals surface area contributed by atoms with E-state index in [9.17, 15) is 5.26 Å². The van der Waals surface area contributed by atoms with Gasteiger partial charge in [-0.05, 0) is 37.0 Å². The molecule has 0 spiro atoms. The highest BCUT2D eigenvalue weighted by molar-refractivity contribution is 5.28. The van der Waals surface area contributed by atoms with Gasteiger partial charge in [0.15, 0.2) is 0 Å². The van der Waals surface area contributed by atoms with Crippen LogP contribution in [0.1, 0.15) is 38.2 Å². The summed E-state index contributed by atoms with van der Waals surface area (Å²) in [4.78, 5) is 0. The molecule has 0 heterocycles. The highest BCUT2D eigenvalue weighted by atomic mass is 16.5. The van der Waals surface area contributed by atoms with Crippen LogP contribution >= 0.6 is 0 Å². The summed E-state index contributed by atoms with van der Waals surface area (Å²) in [6.07, 6.45) is 5.30. The maximum absolute atomic E-state index is 9.27. The van der Waals surface area contributed by atoms with Crippen molar-refractivity contribution >= 4 is 0 Å². The normalized spacial score (nSPS) is 17.6. The average Bonchev–Trinajstić information content (AvgIpc) is 2.86. The van der Waals surface area contributed by atoms with Crippen LogP contribution in [-0.2, 0) is 6.42 Å². The van der Waals surface area contributed by atoms with Crippen molar-refractivity contribution in [3.8, 4) is 11.8 Å². The Balaban J connectivity index is 1.99. The van der Waals surface area contributed by atoms with Gasteiger partial charge in [-0.3, -0.25) is 0 Å². The average molecular weight is 229 g/mol. The summed E-state index contributed by atoms with van der Waals surface area (Å²) in [5.74, 6) is 0.894. The van der Waals surface area contributed by atoms with Crippen LogP contribution in [0.15, 0.2) is 24.3 Å². The number of benzene rings is 1. The molecule has 1 aromatic carbocycles. The molecule has 1 aliphatic rings. The van der Waals surface area contributed by atoms with Crippen LogP contribution in [0.5, 0.6) is 5.75 Å². The summed E-state index contributed by atoms with van der Waals surface area (Å²) in [6, 6.07) is 10.6. The summed E-state index contributed by atoms with van der Waals surface area (Å²) in [5.41, 5.74) is 1.04. The topological polar surface area (TPSA) is 33.0 Å². The van der Waals surface area contributed by atoms with E-state index in [2.05, 4.69) is 25.1 Å². The van der Waals surface area contributed by atoms with Gasteiger partial charge in [0.2, 0.25) is 0 Å². The molecular weight excluding hydrogens is 210 g/mol. The number of aryl methyl sites for hydroxylation is 1. The fourth-order valence-corrected chi connectivity index (χ4v) is 2.42. The third-order valence-corrected chi connectivity index (χ3v) is 3.62. The molecule has 17 heavy (non-hydrogen) atoms. The standard InChI is InChI=1S/C15H19NO/c1-2-13-6-5-7-14(10-13)17-12-15(11-16)8-3-4-9-15/h5-7,10H,2-4,8-9,12H2,1H3. The minimum absolute atomic E-state index is 0.234. The Morgan fingerprint density at radius 1 is 1.35 bits per heavy atom. The van der Waals surface area contributed by atoms with Gasteiger partial charge in [-0.1, -0.05) is 31.9 Å². The van der Waals surface area contributed by atoms with E-state index in [1.807, 2.05) is 12.1 Å². The Bertz CT molecular complexity index is 413. The van der Waals surface area contributed by atoms with E-state index in [0.717, 1.165) is 37.9 Å². The van der Waals surface area contributed by atoms with Crippen LogP contribution in [0.3, 0.4) is 0 Å². The second-order valence-electron chi connectivity index (χ2n) is 4.89. The lowest BCUT2D eigenvalue weighted by Gasteiger charge is -2.20. The Morgan fingerprint density at radius 2 is 2.12 bits per heavy atom. The van der Waals surface area contributed by atoms with Gasteiger partial charge in [0.1, 0.15) is 12.4 Å².